The maximum Gasteiger partial charge on any atom is 0.469 e. The summed E-state index contributed by atoms with van der Waals surface area (Å²) in [5, 5.41) is 27.5. The molecule has 1 rings (SSSR count). The number of carbonyl (C=O) groups excluding carboxylic acids is 1. The second kappa shape index (κ2) is 4.76. The lowest BCUT2D eigenvalue weighted by atomic mass is 10.1. The summed E-state index contributed by atoms with van der Waals surface area (Å²) >= 11 is 0. The number of aliphatic hydroxyl groups excluding tert-OH is 3. The van der Waals surface area contributed by atoms with Gasteiger partial charge in [0.05, 0.1) is 6.61 Å². The molecule has 1 saturated heterocycles. The summed E-state index contributed by atoms with van der Waals surface area (Å²) in [7, 11) is -4.75. The highest BCUT2D eigenvalue weighted by atomic mass is 31.2. The SMILES string of the molecule is O=C1O[C@H](C(O)COP(=O)(O)O)C(O)[C@H]1O. The van der Waals surface area contributed by atoms with Gasteiger partial charge in [-0.05, 0) is 0 Å². The Balaban J connectivity index is 2.52. The molecule has 0 radical (unpaired) electrons. The molecule has 1 aliphatic heterocycles. The van der Waals surface area contributed by atoms with Crippen molar-refractivity contribution in [2.45, 2.75) is 24.4 Å². The van der Waals surface area contributed by atoms with E-state index in [1.807, 2.05) is 0 Å². The van der Waals surface area contributed by atoms with Gasteiger partial charge in [0.15, 0.2) is 12.2 Å². The summed E-state index contributed by atoms with van der Waals surface area (Å²) in [5.74, 6) is -1.12. The minimum atomic E-state index is -4.75. The Morgan fingerprint density at radius 3 is 2.38 bits per heavy atom. The molecule has 0 saturated carbocycles. The standard InChI is InChI=1S/C6H11O9P/c7-2(1-14-16(11,12)13)5-3(8)4(9)6(10)15-5/h2-5,7-9H,1H2,(H2,11,12,13)/t2?,3?,4-,5-/m1/s1. The van der Waals surface area contributed by atoms with Crippen molar-refractivity contribution in [3.63, 3.8) is 0 Å². The van der Waals surface area contributed by atoms with Gasteiger partial charge in [-0.25, -0.2) is 9.36 Å². The number of cyclic esters (lactones) is 1. The first-order chi connectivity index (χ1) is 7.22. The van der Waals surface area contributed by atoms with E-state index in [-0.39, 0.29) is 0 Å². The van der Waals surface area contributed by atoms with Gasteiger partial charge >= 0.3 is 13.8 Å². The van der Waals surface area contributed by atoms with Crippen LogP contribution in [-0.4, -0.2) is 62.1 Å². The van der Waals surface area contributed by atoms with Gasteiger partial charge in [0.1, 0.15) is 12.2 Å². The number of rotatable bonds is 4. The Morgan fingerprint density at radius 2 is 2.00 bits per heavy atom. The Morgan fingerprint density at radius 1 is 1.44 bits per heavy atom. The van der Waals surface area contributed by atoms with E-state index in [4.69, 9.17) is 14.9 Å². The lowest BCUT2D eigenvalue weighted by Gasteiger charge is -2.19. The van der Waals surface area contributed by atoms with Gasteiger partial charge in [0, 0.05) is 0 Å². The number of phosphoric acid groups is 1. The smallest absolute Gasteiger partial charge is 0.455 e. The fourth-order valence-corrected chi connectivity index (χ4v) is 1.51. The molecule has 1 heterocycles. The Bertz CT molecular complexity index is 311. The van der Waals surface area contributed by atoms with E-state index >= 15 is 0 Å². The van der Waals surface area contributed by atoms with E-state index in [1.54, 1.807) is 0 Å². The highest BCUT2D eigenvalue weighted by Crippen LogP contribution is 2.36. The molecular formula is C6H11O9P. The van der Waals surface area contributed by atoms with Crippen molar-refractivity contribution >= 4 is 13.8 Å². The third-order valence-corrected chi connectivity index (χ3v) is 2.43. The molecule has 16 heavy (non-hydrogen) atoms. The lowest BCUT2D eigenvalue weighted by molar-refractivity contribution is -0.151. The third-order valence-electron chi connectivity index (χ3n) is 1.95. The van der Waals surface area contributed by atoms with Crippen molar-refractivity contribution in [3.8, 4) is 0 Å². The minimum Gasteiger partial charge on any atom is -0.455 e. The van der Waals surface area contributed by atoms with Crippen LogP contribution in [0.5, 0.6) is 0 Å². The van der Waals surface area contributed by atoms with Crippen molar-refractivity contribution < 1.29 is 43.7 Å². The van der Waals surface area contributed by atoms with Crippen molar-refractivity contribution in [1.82, 2.24) is 0 Å². The molecule has 4 atom stereocenters. The number of hydrogen-bond acceptors (Lipinski definition) is 7. The largest absolute Gasteiger partial charge is 0.469 e. The zero-order chi connectivity index (χ0) is 12.5. The van der Waals surface area contributed by atoms with Gasteiger partial charge in [-0.15, -0.1) is 0 Å². The van der Waals surface area contributed by atoms with Crippen molar-refractivity contribution in [3.05, 3.63) is 0 Å². The lowest BCUT2D eigenvalue weighted by Crippen LogP contribution is -2.40. The van der Waals surface area contributed by atoms with Gasteiger partial charge in [-0.3, -0.25) is 4.52 Å². The van der Waals surface area contributed by atoms with Crippen LogP contribution < -0.4 is 0 Å². The molecule has 0 amide bonds. The van der Waals surface area contributed by atoms with Gasteiger partial charge in [0.2, 0.25) is 0 Å². The number of esters is 1. The zero-order valence-corrected chi connectivity index (χ0v) is 8.73. The van der Waals surface area contributed by atoms with Crippen LogP contribution in [0.1, 0.15) is 0 Å². The van der Waals surface area contributed by atoms with Crippen LogP contribution in [0.15, 0.2) is 0 Å². The monoisotopic (exact) mass is 258 g/mol. The number of hydrogen-bond donors (Lipinski definition) is 5. The number of phosphoric ester groups is 1. The van der Waals surface area contributed by atoms with Crippen molar-refractivity contribution in [2.75, 3.05) is 6.61 Å². The quantitative estimate of drug-likeness (QED) is 0.264. The molecule has 0 bridgehead atoms. The van der Waals surface area contributed by atoms with E-state index in [0.29, 0.717) is 0 Å². The second-order valence-electron chi connectivity index (χ2n) is 3.19. The second-order valence-corrected chi connectivity index (χ2v) is 4.43. The maximum absolute atomic E-state index is 10.8. The average Bonchev–Trinajstić information content (AvgIpc) is 2.41. The molecule has 2 unspecified atom stereocenters. The maximum atomic E-state index is 10.8. The summed E-state index contributed by atoms with van der Waals surface area (Å²) in [5.41, 5.74) is 0. The summed E-state index contributed by atoms with van der Waals surface area (Å²) < 4.78 is 18.6. The molecule has 5 N–H and O–H groups in total. The molecule has 0 spiro atoms. The Kier molecular flexibility index (Phi) is 4.02. The molecule has 0 aromatic rings. The highest BCUT2D eigenvalue weighted by Gasteiger charge is 2.46. The first kappa shape index (κ1) is 13.5. The predicted molar refractivity (Wildman–Crippen MR) is 45.9 cm³/mol. The Hall–Kier alpha value is -0.540. The number of ether oxygens (including phenoxy) is 1. The van der Waals surface area contributed by atoms with Crippen LogP contribution >= 0.6 is 7.82 Å². The first-order valence-electron chi connectivity index (χ1n) is 4.17. The summed E-state index contributed by atoms with van der Waals surface area (Å²) in [6.07, 6.45) is -6.57. The van der Waals surface area contributed by atoms with Crippen LogP contribution in [0, 0.1) is 0 Å². The van der Waals surface area contributed by atoms with Gasteiger partial charge in [-0.2, -0.15) is 0 Å². The van der Waals surface area contributed by atoms with Gasteiger partial charge in [-0.1, -0.05) is 0 Å². The van der Waals surface area contributed by atoms with Crippen molar-refractivity contribution in [1.29, 1.82) is 0 Å². The van der Waals surface area contributed by atoms with E-state index in [2.05, 4.69) is 9.26 Å². The fraction of sp³-hybridized carbons (Fsp3) is 0.833. The predicted octanol–water partition coefficient (Wildman–Crippen LogP) is -2.90. The van der Waals surface area contributed by atoms with Crippen LogP contribution in [-0.2, 0) is 18.6 Å². The number of carbonyl (C=O) groups is 1. The minimum absolute atomic E-state index is 0.841. The summed E-state index contributed by atoms with van der Waals surface area (Å²) in [6.45, 7) is -0.841. The molecule has 1 aliphatic rings. The molecular weight excluding hydrogens is 247 g/mol. The van der Waals surface area contributed by atoms with Gasteiger partial charge < -0.3 is 29.8 Å². The summed E-state index contributed by atoms with van der Waals surface area (Å²) in [4.78, 5) is 27.4. The molecule has 0 aliphatic carbocycles. The summed E-state index contributed by atoms with van der Waals surface area (Å²) in [6, 6.07) is 0. The van der Waals surface area contributed by atoms with Crippen LogP contribution in [0.25, 0.3) is 0 Å². The fourth-order valence-electron chi connectivity index (χ4n) is 1.17. The average molecular weight is 258 g/mol. The molecule has 9 nitrogen and oxygen atoms in total. The topological polar surface area (TPSA) is 154 Å². The van der Waals surface area contributed by atoms with E-state index < -0.39 is 44.8 Å². The van der Waals surface area contributed by atoms with E-state index in [9.17, 15) is 19.6 Å². The highest BCUT2D eigenvalue weighted by molar-refractivity contribution is 7.46. The Labute approximate surface area is 89.5 Å². The van der Waals surface area contributed by atoms with Crippen molar-refractivity contribution in [2.24, 2.45) is 0 Å². The molecule has 10 heteroatoms. The molecule has 1 fully saturated rings. The number of aliphatic hydroxyl groups is 3. The van der Waals surface area contributed by atoms with Crippen LogP contribution in [0.4, 0.5) is 0 Å². The third kappa shape index (κ3) is 3.22. The zero-order valence-electron chi connectivity index (χ0n) is 7.83. The van der Waals surface area contributed by atoms with E-state index in [0.717, 1.165) is 0 Å². The molecule has 94 valence electrons. The van der Waals surface area contributed by atoms with Crippen LogP contribution in [0.3, 0.4) is 0 Å². The normalized spacial score (nSPS) is 32.6. The van der Waals surface area contributed by atoms with Crippen LogP contribution in [0.2, 0.25) is 0 Å². The van der Waals surface area contributed by atoms with Gasteiger partial charge in [0.25, 0.3) is 0 Å². The molecule has 0 aromatic carbocycles. The first-order valence-corrected chi connectivity index (χ1v) is 5.70. The molecule has 0 aromatic heterocycles. The van der Waals surface area contributed by atoms with E-state index in [1.165, 1.54) is 0 Å².